The van der Waals surface area contributed by atoms with Gasteiger partial charge in [-0.3, -0.25) is 9.78 Å². The number of hydrogen-bond acceptors (Lipinski definition) is 3. The second-order valence-corrected chi connectivity index (χ2v) is 5.93. The number of pyridine rings is 1. The van der Waals surface area contributed by atoms with Crippen LogP contribution in [0, 0.1) is 5.82 Å². The molecule has 136 valence electrons. The van der Waals surface area contributed by atoms with Gasteiger partial charge in [-0.1, -0.05) is 19.1 Å². The van der Waals surface area contributed by atoms with E-state index in [4.69, 9.17) is 0 Å². The highest BCUT2D eigenvalue weighted by atomic mass is 35.5. The number of hydrogen-bond donors (Lipinski definition) is 2. The fourth-order valence-electron chi connectivity index (χ4n) is 2.89. The Morgan fingerprint density at radius 3 is 2.88 bits per heavy atom. The molecular weight excluding hydrogens is 364 g/mol. The van der Waals surface area contributed by atoms with Gasteiger partial charge >= 0.3 is 0 Å². The van der Waals surface area contributed by atoms with Gasteiger partial charge in [-0.25, -0.2) is 4.39 Å². The lowest BCUT2D eigenvalue weighted by atomic mass is 9.98. The zero-order chi connectivity index (χ0) is 16.2. The van der Waals surface area contributed by atoms with Gasteiger partial charge in [0.05, 0.1) is 5.69 Å². The van der Waals surface area contributed by atoms with Gasteiger partial charge in [0, 0.05) is 25.4 Å². The molecule has 2 aromatic rings. The third kappa shape index (κ3) is 5.14. The number of halogens is 3. The Morgan fingerprint density at radius 1 is 1.36 bits per heavy atom. The average molecular weight is 386 g/mol. The van der Waals surface area contributed by atoms with E-state index < -0.39 is 0 Å². The van der Waals surface area contributed by atoms with E-state index in [9.17, 15) is 9.18 Å². The molecule has 0 spiro atoms. The summed E-state index contributed by atoms with van der Waals surface area (Å²) in [6.07, 6.45) is 4.40. The van der Waals surface area contributed by atoms with Gasteiger partial charge in [0.2, 0.25) is 5.91 Å². The van der Waals surface area contributed by atoms with Gasteiger partial charge in [-0.2, -0.15) is 0 Å². The topological polar surface area (TPSA) is 54.0 Å². The molecule has 1 atom stereocenters. The second kappa shape index (κ2) is 9.70. The van der Waals surface area contributed by atoms with Crippen molar-refractivity contribution in [3.8, 4) is 0 Å². The summed E-state index contributed by atoms with van der Waals surface area (Å²) in [5.74, 6) is -0.450. The van der Waals surface area contributed by atoms with Crippen LogP contribution in [0.4, 0.5) is 10.1 Å². The first-order valence-corrected chi connectivity index (χ1v) is 7.86. The van der Waals surface area contributed by atoms with E-state index in [1.165, 1.54) is 0 Å². The molecule has 0 saturated heterocycles. The first-order chi connectivity index (χ1) is 11.1. The van der Waals surface area contributed by atoms with Crippen LogP contribution in [0.3, 0.4) is 0 Å². The maximum Gasteiger partial charge on any atom is 0.225 e. The van der Waals surface area contributed by atoms with E-state index in [0.717, 1.165) is 17.7 Å². The number of carbonyl (C=O) groups excluding carboxylic acids is 1. The minimum atomic E-state index is -0.300. The number of amides is 1. The molecule has 0 bridgehead atoms. The predicted octanol–water partition coefficient (Wildman–Crippen LogP) is 3.84. The van der Waals surface area contributed by atoms with E-state index in [-0.39, 0.29) is 48.1 Å². The summed E-state index contributed by atoms with van der Waals surface area (Å²) >= 11 is 0. The van der Waals surface area contributed by atoms with Crippen molar-refractivity contribution in [1.29, 1.82) is 0 Å². The molecule has 3 rings (SSSR count). The number of aromatic nitrogens is 1. The second-order valence-electron chi connectivity index (χ2n) is 5.93. The number of carbonyl (C=O) groups is 1. The molecule has 0 saturated carbocycles. The molecule has 0 fully saturated rings. The standard InChI is InChI=1S/C18H20FN3O.2ClH/c1-12(13-3-2-7-20-10-13)9-17(23)22-16-5-4-14-11-21-8-6-15(14)18(16)19;;/h2-5,7,10,12,21H,6,8-9,11H2,1H3,(H,22,23);2*1H. The molecule has 4 nitrogen and oxygen atoms in total. The smallest absolute Gasteiger partial charge is 0.225 e. The third-order valence-corrected chi connectivity index (χ3v) is 4.23. The Bertz CT molecular complexity index is 713. The number of fused-ring (bicyclic) bond motifs is 1. The molecular formula is C18H22Cl2FN3O. The van der Waals surface area contributed by atoms with Crippen molar-refractivity contribution >= 4 is 36.4 Å². The maximum atomic E-state index is 14.5. The number of rotatable bonds is 4. The van der Waals surface area contributed by atoms with Gasteiger partial charge in [0.15, 0.2) is 0 Å². The minimum Gasteiger partial charge on any atom is -0.324 e. The Morgan fingerprint density at radius 2 is 2.16 bits per heavy atom. The van der Waals surface area contributed by atoms with Crippen LogP contribution in [-0.2, 0) is 17.8 Å². The van der Waals surface area contributed by atoms with Crippen molar-refractivity contribution < 1.29 is 9.18 Å². The Hall–Kier alpha value is -1.69. The van der Waals surface area contributed by atoms with Crippen LogP contribution in [0.25, 0.3) is 0 Å². The fraction of sp³-hybridized carbons (Fsp3) is 0.333. The summed E-state index contributed by atoms with van der Waals surface area (Å²) in [7, 11) is 0. The molecule has 1 unspecified atom stereocenters. The van der Waals surface area contributed by atoms with Crippen molar-refractivity contribution in [2.75, 3.05) is 11.9 Å². The van der Waals surface area contributed by atoms with Gasteiger partial charge in [-0.15, -0.1) is 24.8 Å². The van der Waals surface area contributed by atoms with Crippen molar-refractivity contribution in [3.05, 3.63) is 59.2 Å². The molecule has 7 heteroatoms. The quantitative estimate of drug-likeness (QED) is 0.840. The zero-order valence-corrected chi connectivity index (χ0v) is 15.6. The Kier molecular flexibility index (Phi) is 8.29. The lowest BCUT2D eigenvalue weighted by Gasteiger charge is -2.19. The molecule has 25 heavy (non-hydrogen) atoms. The van der Waals surface area contributed by atoms with Crippen molar-refractivity contribution in [1.82, 2.24) is 10.3 Å². The molecule has 1 aliphatic rings. The van der Waals surface area contributed by atoms with E-state index in [1.807, 2.05) is 25.1 Å². The predicted molar refractivity (Wildman–Crippen MR) is 102 cm³/mol. The van der Waals surface area contributed by atoms with E-state index >= 15 is 0 Å². The van der Waals surface area contributed by atoms with E-state index in [2.05, 4.69) is 15.6 Å². The summed E-state index contributed by atoms with van der Waals surface area (Å²) in [4.78, 5) is 16.3. The van der Waals surface area contributed by atoms with E-state index in [0.29, 0.717) is 24.9 Å². The molecule has 1 aliphatic heterocycles. The molecule has 1 amide bonds. The van der Waals surface area contributed by atoms with Crippen LogP contribution < -0.4 is 10.6 Å². The SMILES string of the molecule is CC(CC(=O)Nc1ccc2c(c1F)CCNC2)c1cccnc1.Cl.Cl. The highest BCUT2D eigenvalue weighted by Crippen LogP contribution is 2.25. The highest BCUT2D eigenvalue weighted by Gasteiger charge is 2.18. The third-order valence-electron chi connectivity index (χ3n) is 4.23. The van der Waals surface area contributed by atoms with Crippen LogP contribution in [0.15, 0.2) is 36.7 Å². The minimum absolute atomic E-state index is 0. The lowest BCUT2D eigenvalue weighted by Crippen LogP contribution is -2.25. The van der Waals surface area contributed by atoms with Crippen LogP contribution in [0.2, 0.25) is 0 Å². The molecule has 1 aromatic heterocycles. The first kappa shape index (κ1) is 21.4. The van der Waals surface area contributed by atoms with Crippen molar-refractivity contribution in [2.24, 2.45) is 0 Å². The largest absolute Gasteiger partial charge is 0.324 e. The Labute approximate surface area is 159 Å². The number of nitrogens with zero attached hydrogens (tertiary/aromatic N) is 1. The highest BCUT2D eigenvalue weighted by molar-refractivity contribution is 5.91. The van der Waals surface area contributed by atoms with Crippen LogP contribution in [0.1, 0.15) is 36.0 Å². The molecule has 0 aliphatic carbocycles. The van der Waals surface area contributed by atoms with Crippen molar-refractivity contribution in [2.45, 2.75) is 32.2 Å². The number of benzene rings is 1. The van der Waals surface area contributed by atoms with Crippen LogP contribution in [0.5, 0.6) is 0 Å². The Balaban J connectivity index is 0.00000156. The lowest BCUT2D eigenvalue weighted by molar-refractivity contribution is -0.116. The van der Waals surface area contributed by atoms with Gasteiger partial charge < -0.3 is 10.6 Å². The van der Waals surface area contributed by atoms with E-state index in [1.54, 1.807) is 18.5 Å². The number of anilines is 1. The van der Waals surface area contributed by atoms with Crippen molar-refractivity contribution in [3.63, 3.8) is 0 Å². The monoisotopic (exact) mass is 385 g/mol. The van der Waals surface area contributed by atoms with Gasteiger partial charge in [0.25, 0.3) is 0 Å². The van der Waals surface area contributed by atoms with Crippen LogP contribution >= 0.6 is 24.8 Å². The summed E-state index contributed by atoms with van der Waals surface area (Å²) in [5, 5.41) is 5.92. The van der Waals surface area contributed by atoms with Gasteiger partial charge in [0.1, 0.15) is 5.82 Å². The summed E-state index contributed by atoms with van der Waals surface area (Å²) in [5.41, 5.74) is 2.95. The summed E-state index contributed by atoms with van der Waals surface area (Å²) < 4.78 is 14.5. The summed E-state index contributed by atoms with van der Waals surface area (Å²) in [6, 6.07) is 7.32. The maximum absolute atomic E-state index is 14.5. The average Bonchev–Trinajstić information content (AvgIpc) is 2.58. The normalized spacial score (nSPS) is 13.7. The first-order valence-electron chi connectivity index (χ1n) is 7.86. The zero-order valence-electron chi connectivity index (χ0n) is 13.9. The molecule has 0 radical (unpaired) electrons. The molecule has 1 aromatic carbocycles. The summed E-state index contributed by atoms with van der Waals surface area (Å²) in [6.45, 7) is 3.41. The number of nitrogens with one attached hydrogen (secondary N) is 2. The molecule has 2 N–H and O–H groups in total. The molecule has 2 heterocycles. The fourth-order valence-corrected chi connectivity index (χ4v) is 2.89. The van der Waals surface area contributed by atoms with Gasteiger partial charge in [-0.05, 0) is 47.7 Å². The van der Waals surface area contributed by atoms with Crippen LogP contribution in [-0.4, -0.2) is 17.4 Å².